The van der Waals surface area contributed by atoms with Crippen LogP contribution in [0.4, 0.5) is 0 Å². The number of ether oxygens (including phenoxy) is 2. The first-order valence-electron chi connectivity index (χ1n) is 8.79. The van der Waals surface area contributed by atoms with Gasteiger partial charge in [0.2, 0.25) is 0 Å². The molecule has 2 aromatic heterocycles. The van der Waals surface area contributed by atoms with Crippen LogP contribution in [0.15, 0.2) is 6.07 Å². The van der Waals surface area contributed by atoms with E-state index in [2.05, 4.69) is 10.1 Å². The van der Waals surface area contributed by atoms with Crippen molar-refractivity contribution in [2.75, 3.05) is 32.9 Å². The summed E-state index contributed by atoms with van der Waals surface area (Å²) >= 11 is 0. The molecule has 3 rings (SSSR count). The van der Waals surface area contributed by atoms with E-state index >= 15 is 0 Å². The Kier molecular flexibility index (Phi) is 5.51. The molecule has 0 atom stereocenters. The first-order valence-corrected chi connectivity index (χ1v) is 8.79. The molecule has 1 amide bonds. The normalized spacial score (nSPS) is 14.7. The second kappa shape index (κ2) is 7.82. The summed E-state index contributed by atoms with van der Waals surface area (Å²) in [6, 6.07) is 1.93. The number of rotatable bonds is 5. The maximum atomic E-state index is 12.0. The number of hydrogen-bond donors (Lipinski definition) is 0. The van der Waals surface area contributed by atoms with Crippen LogP contribution < -0.4 is 0 Å². The minimum Gasteiger partial charge on any atom is -0.456 e. The molecule has 0 N–H and O–H groups in total. The van der Waals surface area contributed by atoms with E-state index in [9.17, 15) is 9.59 Å². The van der Waals surface area contributed by atoms with E-state index < -0.39 is 0 Å². The zero-order valence-electron chi connectivity index (χ0n) is 15.4. The number of aromatic nitrogens is 3. The standard InChI is InChI=1S/C18H24N4O4/c1-12-10-16-19-13(2)15(14(3)22(16)20-12)4-5-18(24)26-11-17(23)21-6-8-25-9-7-21/h10H,4-9,11H2,1-3H3. The van der Waals surface area contributed by atoms with Gasteiger partial charge in [0, 0.05) is 37.0 Å². The average Bonchev–Trinajstić information content (AvgIpc) is 3.00. The third-order valence-corrected chi connectivity index (χ3v) is 4.59. The zero-order valence-corrected chi connectivity index (χ0v) is 15.4. The maximum Gasteiger partial charge on any atom is 0.306 e. The van der Waals surface area contributed by atoms with Gasteiger partial charge in [0.05, 0.1) is 18.9 Å². The van der Waals surface area contributed by atoms with Crippen LogP contribution in [0.5, 0.6) is 0 Å². The van der Waals surface area contributed by atoms with Crippen LogP contribution in [0.2, 0.25) is 0 Å². The summed E-state index contributed by atoms with van der Waals surface area (Å²) in [6.45, 7) is 7.75. The van der Waals surface area contributed by atoms with Crippen LogP contribution in [-0.2, 0) is 25.5 Å². The maximum absolute atomic E-state index is 12.0. The number of nitrogens with zero attached hydrogens (tertiary/aromatic N) is 4. The van der Waals surface area contributed by atoms with E-state index in [0.29, 0.717) is 32.7 Å². The molecule has 1 fully saturated rings. The number of carbonyl (C=O) groups excluding carboxylic acids is 2. The molecule has 0 bridgehead atoms. The summed E-state index contributed by atoms with van der Waals surface area (Å²) < 4.78 is 12.1. The first-order chi connectivity index (χ1) is 12.5. The number of carbonyl (C=O) groups is 2. The zero-order chi connectivity index (χ0) is 18.7. The lowest BCUT2D eigenvalue weighted by Crippen LogP contribution is -2.42. The Morgan fingerprint density at radius 1 is 1.23 bits per heavy atom. The SMILES string of the molecule is Cc1cc2nc(C)c(CCC(=O)OCC(=O)N3CCOCC3)c(C)n2n1. The molecule has 8 heteroatoms. The van der Waals surface area contributed by atoms with Crippen molar-refractivity contribution < 1.29 is 19.1 Å². The summed E-state index contributed by atoms with van der Waals surface area (Å²) in [6.07, 6.45) is 0.704. The van der Waals surface area contributed by atoms with E-state index in [-0.39, 0.29) is 24.9 Å². The highest BCUT2D eigenvalue weighted by molar-refractivity contribution is 5.80. The molecule has 0 radical (unpaired) electrons. The molecule has 1 aliphatic heterocycles. The Hall–Kier alpha value is -2.48. The highest BCUT2D eigenvalue weighted by Crippen LogP contribution is 2.17. The summed E-state index contributed by atoms with van der Waals surface area (Å²) in [5.74, 6) is -0.564. The summed E-state index contributed by atoms with van der Waals surface area (Å²) in [5, 5.41) is 4.43. The van der Waals surface area contributed by atoms with Gasteiger partial charge in [-0.3, -0.25) is 9.59 Å². The van der Waals surface area contributed by atoms with Crippen molar-refractivity contribution in [2.45, 2.75) is 33.6 Å². The lowest BCUT2D eigenvalue weighted by Gasteiger charge is -2.26. The van der Waals surface area contributed by atoms with Gasteiger partial charge in [0.1, 0.15) is 0 Å². The Labute approximate surface area is 152 Å². The summed E-state index contributed by atoms with van der Waals surface area (Å²) in [4.78, 5) is 30.2. The number of amides is 1. The number of morpholine rings is 1. The molecule has 1 aliphatic rings. The van der Waals surface area contributed by atoms with Gasteiger partial charge in [-0.1, -0.05) is 0 Å². The molecule has 2 aromatic rings. The monoisotopic (exact) mass is 360 g/mol. The van der Waals surface area contributed by atoms with E-state index in [0.717, 1.165) is 28.3 Å². The van der Waals surface area contributed by atoms with Crippen molar-refractivity contribution in [3.63, 3.8) is 0 Å². The van der Waals surface area contributed by atoms with Gasteiger partial charge in [-0.25, -0.2) is 9.50 Å². The minimum absolute atomic E-state index is 0.177. The predicted octanol–water partition coefficient (Wildman–Crippen LogP) is 0.989. The van der Waals surface area contributed by atoms with Crippen molar-refractivity contribution in [1.82, 2.24) is 19.5 Å². The fourth-order valence-electron chi connectivity index (χ4n) is 3.15. The topological polar surface area (TPSA) is 86.0 Å². The van der Waals surface area contributed by atoms with Crippen LogP contribution in [0.3, 0.4) is 0 Å². The van der Waals surface area contributed by atoms with Crippen molar-refractivity contribution in [3.05, 3.63) is 28.7 Å². The summed E-state index contributed by atoms with van der Waals surface area (Å²) in [7, 11) is 0. The van der Waals surface area contributed by atoms with Crippen LogP contribution in [0, 0.1) is 20.8 Å². The van der Waals surface area contributed by atoms with Gasteiger partial charge in [0.15, 0.2) is 12.3 Å². The van der Waals surface area contributed by atoms with Gasteiger partial charge < -0.3 is 14.4 Å². The molecule has 1 saturated heterocycles. The number of aryl methyl sites for hydroxylation is 3. The Morgan fingerprint density at radius 3 is 2.69 bits per heavy atom. The van der Waals surface area contributed by atoms with Gasteiger partial charge in [-0.15, -0.1) is 0 Å². The first kappa shape index (κ1) is 18.3. The van der Waals surface area contributed by atoms with Crippen LogP contribution >= 0.6 is 0 Å². The third-order valence-electron chi connectivity index (χ3n) is 4.59. The van der Waals surface area contributed by atoms with E-state index in [1.165, 1.54) is 0 Å². The molecular weight excluding hydrogens is 336 g/mol. The second-order valence-electron chi connectivity index (χ2n) is 6.47. The van der Waals surface area contributed by atoms with Gasteiger partial charge in [0.25, 0.3) is 5.91 Å². The van der Waals surface area contributed by atoms with Crippen LogP contribution in [0.1, 0.15) is 29.1 Å². The highest BCUT2D eigenvalue weighted by atomic mass is 16.5. The lowest BCUT2D eigenvalue weighted by molar-refractivity contribution is -0.153. The quantitative estimate of drug-likeness (QED) is 0.739. The Balaban J connectivity index is 1.56. The van der Waals surface area contributed by atoms with E-state index in [1.54, 1.807) is 9.42 Å². The fourth-order valence-corrected chi connectivity index (χ4v) is 3.15. The van der Waals surface area contributed by atoms with Gasteiger partial charge in [-0.2, -0.15) is 5.10 Å². The molecule has 0 aromatic carbocycles. The molecule has 0 aliphatic carbocycles. The molecule has 26 heavy (non-hydrogen) atoms. The van der Waals surface area contributed by atoms with Crippen molar-refractivity contribution in [1.29, 1.82) is 0 Å². The van der Waals surface area contributed by atoms with Crippen LogP contribution in [0.25, 0.3) is 5.65 Å². The molecule has 8 nitrogen and oxygen atoms in total. The van der Waals surface area contributed by atoms with Gasteiger partial charge in [-0.05, 0) is 32.8 Å². The molecule has 0 unspecified atom stereocenters. The third kappa shape index (κ3) is 4.01. The van der Waals surface area contributed by atoms with E-state index in [4.69, 9.17) is 9.47 Å². The Bertz CT molecular complexity index is 824. The Morgan fingerprint density at radius 2 is 1.96 bits per heavy atom. The second-order valence-corrected chi connectivity index (χ2v) is 6.47. The lowest BCUT2D eigenvalue weighted by atomic mass is 10.1. The molecule has 0 saturated carbocycles. The average molecular weight is 360 g/mol. The summed E-state index contributed by atoms with van der Waals surface area (Å²) in [5.41, 5.74) is 4.54. The molecule has 0 spiro atoms. The largest absolute Gasteiger partial charge is 0.456 e. The van der Waals surface area contributed by atoms with Gasteiger partial charge >= 0.3 is 5.97 Å². The van der Waals surface area contributed by atoms with E-state index in [1.807, 2.05) is 26.8 Å². The molecule has 140 valence electrons. The molecule has 3 heterocycles. The van der Waals surface area contributed by atoms with Crippen molar-refractivity contribution in [2.24, 2.45) is 0 Å². The minimum atomic E-state index is -0.387. The van der Waals surface area contributed by atoms with Crippen molar-refractivity contribution >= 4 is 17.5 Å². The number of hydrogen-bond acceptors (Lipinski definition) is 6. The number of fused-ring (bicyclic) bond motifs is 1. The number of esters is 1. The smallest absolute Gasteiger partial charge is 0.306 e. The highest BCUT2D eigenvalue weighted by Gasteiger charge is 2.19. The fraction of sp³-hybridized carbons (Fsp3) is 0.556. The molecular formula is C18H24N4O4. The van der Waals surface area contributed by atoms with Crippen molar-refractivity contribution in [3.8, 4) is 0 Å². The van der Waals surface area contributed by atoms with Crippen LogP contribution in [-0.4, -0.2) is 64.3 Å². The predicted molar refractivity (Wildman–Crippen MR) is 93.9 cm³/mol.